The molecule has 1 aliphatic rings. The Morgan fingerprint density at radius 3 is 2.00 bits per heavy atom. The summed E-state index contributed by atoms with van der Waals surface area (Å²) in [5.41, 5.74) is 6.72. The molecular weight excluding hydrogens is 122 g/mol. The van der Waals surface area contributed by atoms with E-state index in [-0.39, 0.29) is 0 Å². The molecule has 1 heteroatoms. The van der Waals surface area contributed by atoms with Gasteiger partial charge in [0.05, 0.1) is 0 Å². The van der Waals surface area contributed by atoms with Crippen molar-refractivity contribution in [1.82, 2.24) is 0 Å². The Morgan fingerprint density at radius 1 is 1.40 bits per heavy atom. The van der Waals surface area contributed by atoms with Crippen molar-refractivity contribution in [3.05, 3.63) is 0 Å². The quantitative estimate of drug-likeness (QED) is 0.640. The zero-order valence-corrected chi connectivity index (χ0v) is 7.41. The lowest BCUT2D eigenvalue weighted by atomic mass is 9.74. The second-order valence-corrected chi connectivity index (χ2v) is 4.22. The molecule has 1 nitrogen and oxygen atoms in total. The maximum Gasteiger partial charge on any atom is -0.00154 e. The van der Waals surface area contributed by atoms with Gasteiger partial charge in [-0.15, -0.1) is 0 Å². The third kappa shape index (κ3) is 0.968. The van der Waals surface area contributed by atoms with E-state index in [0.29, 0.717) is 10.8 Å². The van der Waals surface area contributed by atoms with Crippen LogP contribution in [-0.2, 0) is 0 Å². The summed E-state index contributed by atoms with van der Waals surface area (Å²) in [7, 11) is 0. The van der Waals surface area contributed by atoms with Crippen molar-refractivity contribution in [3.63, 3.8) is 0 Å². The van der Waals surface area contributed by atoms with Gasteiger partial charge >= 0.3 is 0 Å². The van der Waals surface area contributed by atoms with Gasteiger partial charge in [-0.05, 0) is 30.2 Å². The van der Waals surface area contributed by atoms with E-state index in [1.54, 1.807) is 0 Å². The van der Waals surface area contributed by atoms with E-state index in [1.165, 1.54) is 19.3 Å². The second kappa shape index (κ2) is 2.23. The van der Waals surface area contributed by atoms with Crippen LogP contribution >= 0.6 is 0 Å². The molecule has 60 valence electrons. The van der Waals surface area contributed by atoms with Gasteiger partial charge < -0.3 is 5.73 Å². The minimum atomic E-state index is 0.474. The Balaban J connectivity index is 2.62. The Bertz CT molecular complexity index is 119. The number of nitrogens with two attached hydrogens (primary N) is 1. The molecule has 0 aromatic carbocycles. The van der Waals surface area contributed by atoms with E-state index in [2.05, 4.69) is 20.8 Å². The summed E-state index contributed by atoms with van der Waals surface area (Å²) in [6.45, 7) is 7.82. The lowest BCUT2D eigenvalue weighted by Crippen LogP contribution is -2.31. The molecule has 0 aliphatic heterocycles. The maximum absolute atomic E-state index is 5.73. The fourth-order valence-corrected chi connectivity index (χ4v) is 1.68. The molecule has 10 heavy (non-hydrogen) atoms. The monoisotopic (exact) mass is 141 g/mol. The van der Waals surface area contributed by atoms with Crippen molar-refractivity contribution >= 4 is 0 Å². The minimum absolute atomic E-state index is 0.474. The molecule has 0 amide bonds. The summed E-state index contributed by atoms with van der Waals surface area (Å²) in [5, 5.41) is 0. The largest absolute Gasteiger partial charge is 0.330 e. The molecule has 0 heterocycles. The van der Waals surface area contributed by atoms with Crippen molar-refractivity contribution in [2.45, 2.75) is 40.0 Å². The van der Waals surface area contributed by atoms with Crippen molar-refractivity contribution in [2.75, 3.05) is 6.54 Å². The molecule has 0 atom stereocenters. The summed E-state index contributed by atoms with van der Waals surface area (Å²) in [6.07, 6.45) is 3.96. The standard InChI is InChI=1S/C9H19N/c1-4-8(2,3)9(7-10)5-6-9/h4-7,10H2,1-3H3. The zero-order chi connectivity index (χ0) is 7.83. The number of hydrogen-bond acceptors (Lipinski definition) is 1. The second-order valence-electron chi connectivity index (χ2n) is 4.22. The van der Waals surface area contributed by atoms with Gasteiger partial charge in [0.15, 0.2) is 0 Å². The molecule has 0 unspecified atom stereocenters. The molecule has 1 fully saturated rings. The van der Waals surface area contributed by atoms with Crippen molar-refractivity contribution < 1.29 is 0 Å². The molecule has 0 aromatic heterocycles. The predicted octanol–water partition coefficient (Wildman–Crippen LogP) is 2.16. The van der Waals surface area contributed by atoms with Gasteiger partial charge in [-0.3, -0.25) is 0 Å². The Morgan fingerprint density at radius 2 is 1.90 bits per heavy atom. The van der Waals surface area contributed by atoms with Crippen LogP contribution in [0.1, 0.15) is 40.0 Å². The molecule has 0 radical (unpaired) electrons. The normalized spacial score (nSPS) is 22.8. The summed E-state index contributed by atoms with van der Waals surface area (Å²) in [4.78, 5) is 0. The van der Waals surface area contributed by atoms with Crippen LogP contribution in [0.25, 0.3) is 0 Å². The van der Waals surface area contributed by atoms with Crippen molar-refractivity contribution in [1.29, 1.82) is 0 Å². The molecule has 0 saturated heterocycles. The fraction of sp³-hybridized carbons (Fsp3) is 1.00. The smallest absolute Gasteiger partial charge is 0.00154 e. The first-order valence-electron chi connectivity index (χ1n) is 4.28. The van der Waals surface area contributed by atoms with Gasteiger partial charge in [-0.2, -0.15) is 0 Å². The third-order valence-electron chi connectivity index (χ3n) is 3.56. The van der Waals surface area contributed by atoms with Gasteiger partial charge in [-0.25, -0.2) is 0 Å². The van der Waals surface area contributed by atoms with Crippen LogP contribution < -0.4 is 5.73 Å². The first kappa shape index (κ1) is 8.06. The fourth-order valence-electron chi connectivity index (χ4n) is 1.68. The van der Waals surface area contributed by atoms with Crippen LogP contribution in [0.4, 0.5) is 0 Å². The first-order chi connectivity index (χ1) is 4.58. The van der Waals surface area contributed by atoms with Gasteiger partial charge in [-0.1, -0.05) is 27.2 Å². The topological polar surface area (TPSA) is 26.0 Å². The van der Waals surface area contributed by atoms with Crippen LogP contribution in [0.5, 0.6) is 0 Å². The van der Waals surface area contributed by atoms with E-state index < -0.39 is 0 Å². The number of rotatable bonds is 3. The molecular formula is C9H19N. The van der Waals surface area contributed by atoms with E-state index in [1.807, 2.05) is 0 Å². The highest BCUT2D eigenvalue weighted by Gasteiger charge is 2.51. The Hall–Kier alpha value is -0.0400. The zero-order valence-electron chi connectivity index (χ0n) is 7.41. The molecule has 1 rings (SSSR count). The first-order valence-corrected chi connectivity index (χ1v) is 4.28. The van der Waals surface area contributed by atoms with Gasteiger partial charge in [0.2, 0.25) is 0 Å². The van der Waals surface area contributed by atoms with E-state index in [0.717, 1.165) is 6.54 Å². The minimum Gasteiger partial charge on any atom is -0.330 e. The number of hydrogen-bond donors (Lipinski definition) is 1. The van der Waals surface area contributed by atoms with Gasteiger partial charge in [0.25, 0.3) is 0 Å². The highest BCUT2D eigenvalue weighted by atomic mass is 14.7. The lowest BCUT2D eigenvalue weighted by molar-refractivity contribution is 0.185. The van der Waals surface area contributed by atoms with E-state index in [4.69, 9.17) is 5.73 Å². The SMILES string of the molecule is CCC(C)(C)C1(CN)CC1. The average Bonchev–Trinajstić information content (AvgIpc) is 2.67. The Labute approximate surface area is 64.0 Å². The van der Waals surface area contributed by atoms with Crippen LogP contribution in [0.15, 0.2) is 0 Å². The highest BCUT2D eigenvalue weighted by Crippen LogP contribution is 2.58. The highest BCUT2D eigenvalue weighted by molar-refractivity contribution is 5.03. The maximum atomic E-state index is 5.73. The van der Waals surface area contributed by atoms with Crippen LogP contribution in [0, 0.1) is 10.8 Å². The average molecular weight is 141 g/mol. The molecule has 1 aliphatic carbocycles. The summed E-state index contributed by atoms with van der Waals surface area (Å²) >= 11 is 0. The van der Waals surface area contributed by atoms with E-state index >= 15 is 0 Å². The van der Waals surface area contributed by atoms with Crippen molar-refractivity contribution in [3.8, 4) is 0 Å². The molecule has 0 spiro atoms. The summed E-state index contributed by atoms with van der Waals surface area (Å²) < 4.78 is 0. The van der Waals surface area contributed by atoms with Gasteiger partial charge in [0.1, 0.15) is 0 Å². The van der Waals surface area contributed by atoms with Crippen LogP contribution in [0.3, 0.4) is 0 Å². The Kier molecular flexibility index (Phi) is 1.80. The molecule has 0 bridgehead atoms. The summed E-state index contributed by atoms with van der Waals surface area (Å²) in [5.74, 6) is 0. The summed E-state index contributed by atoms with van der Waals surface area (Å²) in [6, 6.07) is 0. The van der Waals surface area contributed by atoms with E-state index in [9.17, 15) is 0 Å². The van der Waals surface area contributed by atoms with Crippen LogP contribution in [-0.4, -0.2) is 6.54 Å². The van der Waals surface area contributed by atoms with Gasteiger partial charge in [0, 0.05) is 0 Å². The third-order valence-corrected chi connectivity index (χ3v) is 3.56. The lowest BCUT2D eigenvalue weighted by Gasteiger charge is -2.32. The van der Waals surface area contributed by atoms with Crippen LogP contribution in [0.2, 0.25) is 0 Å². The molecule has 1 saturated carbocycles. The molecule has 2 N–H and O–H groups in total. The molecule has 0 aromatic rings. The van der Waals surface area contributed by atoms with Crippen molar-refractivity contribution in [2.24, 2.45) is 16.6 Å². The predicted molar refractivity (Wildman–Crippen MR) is 44.8 cm³/mol.